The molecule has 1 fully saturated rings. The predicted octanol–water partition coefficient (Wildman–Crippen LogP) is 0.913. The van der Waals surface area contributed by atoms with E-state index in [4.69, 9.17) is 4.74 Å². The molecule has 1 heterocycles. The van der Waals surface area contributed by atoms with Crippen molar-refractivity contribution in [3.63, 3.8) is 0 Å². The molecule has 1 aliphatic rings. The lowest BCUT2D eigenvalue weighted by Gasteiger charge is -2.33. The van der Waals surface area contributed by atoms with Gasteiger partial charge in [0.1, 0.15) is 5.75 Å². The number of anilines is 2. The maximum Gasteiger partial charge on any atom is 0.338 e. The molecule has 2 aromatic rings. The van der Waals surface area contributed by atoms with Crippen LogP contribution in [0.1, 0.15) is 17.3 Å². The number of benzene rings is 2. The molecule has 0 aromatic heterocycles. The Labute approximate surface area is 164 Å². The van der Waals surface area contributed by atoms with E-state index in [0.29, 0.717) is 24.4 Å². The maximum atomic E-state index is 12.3. The van der Waals surface area contributed by atoms with Crippen molar-refractivity contribution in [1.82, 2.24) is 0 Å². The first-order valence-corrected chi connectivity index (χ1v) is 9.49. The summed E-state index contributed by atoms with van der Waals surface area (Å²) in [6.45, 7) is 5.97. The Morgan fingerprint density at radius 3 is 2.32 bits per heavy atom. The topological polar surface area (TPSA) is 83.3 Å². The van der Waals surface area contributed by atoms with Crippen molar-refractivity contribution in [2.45, 2.75) is 6.92 Å². The van der Waals surface area contributed by atoms with Crippen LogP contribution in [0.25, 0.3) is 0 Å². The van der Waals surface area contributed by atoms with Gasteiger partial charge in [0.2, 0.25) is 0 Å². The van der Waals surface area contributed by atoms with Crippen molar-refractivity contribution in [1.29, 1.82) is 0 Å². The van der Waals surface area contributed by atoms with Gasteiger partial charge in [-0.15, -0.1) is 0 Å². The molecule has 28 heavy (non-hydrogen) atoms. The number of amides is 1. The first-order chi connectivity index (χ1) is 13.5. The van der Waals surface area contributed by atoms with Crippen LogP contribution in [0.3, 0.4) is 0 Å². The molecule has 1 saturated heterocycles. The Morgan fingerprint density at radius 1 is 1.07 bits per heavy atom. The summed E-state index contributed by atoms with van der Waals surface area (Å²) in [5.41, 5.74) is 2.22. The highest BCUT2D eigenvalue weighted by Crippen LogP contribution is 2.18. The standard InChI is InChI=1S/C21H25N3O4/c1-2-28-21(27)16-3-5-17(6-4-16)22-20(26)15-23-11-13-24(14-12-23)18-7-9-19(25)10-8-18/h3-10,25H,2,11-15H2,1H3,(H,22,26)/p+1. The Balaban J connectivity index is 1.45. The number of hydrogen-bond acceptors (Lipinski definition) is 5. The monoisotopic (exact) mass is 384 g/mol. The fourth-order valence-corrected chi connectivity index (χ4v) is 3.26. The van der Waals surface area contributed by atoms with Gasteiger partial charge in [-0.25, -0.2) is 4.79 Å². The van der Waals surface area contributed by atoms with Gasteiger partial charge in [-0.2, -0.15) is 0 Å². The molecule has 0 unspecified atom stereocenters. The Hall–Kier alpha value is -3.06. The van der Waals surface area contributed by atoms with E-state index in [1.807, 2.05) is 12.1 Å². The van der Waals surface area contributed by atoms with E-state index in [0.717, 1.165) is 31.9 Å². The van der Waals surface area contributed by atoms with E-state index in [1.165, 1.54) is 4.90 Å². The van der Waals surface area contributed by atoms with E-state index in [1.54, 1.807) is 43.3 Å². The maximum absolute atomic E-state index is 12.3. The van der Waals surface area contributed by atoms with Crippen molar-refractivity contribution in [2.75, 3.05) is 49.5 Å². The molecule has 148 valence electrons. The van der Waals surface area contributed by atoms with Crippen LogP contribution in [-0.2, 0) is 9.53 Å². The fourth-order valence-electron chi connectivity index (χ4n) is 3.26. The van der Waals surface area contributed by atoms with Gasteiger partial charge in [0.05, 0.1) is 38.3 Å². The summed E-state index contributed by atoms with van der Waals surface area (Å²) in [5.74, 6) is -0.145. The summed E-state index contributed by atoms with van der Waals surface area (Å²) < 4.78 is 4.95. The molecular formula is C21H26N3O4+. The van der Waals surface area contributed by atoms with Crippen molar-refractivity contribution in [2.24, 2.45) is 0 Å². The van der Waals surface area contributed by atoms with Crippen molar-refractivity contribution in [3.05, 3.63) is 54.1 Å². The average Bonchev–Trinajstić information content (AvgIpc) is 2.70. The number of aromatic hydroxyl groups is 1. The highest BCUT2D eigenvalue weighted by Gasteiger charge is 2.22. The number of phenols is 1. The van der Waals surface area contributed by atoms with Gasteiger partial charge >= 0.3 is 5.97 Å². The Morgan fingerprint density at radius 2 is 1.71 bits per heavy atom. The summed E-state index contributed by atoms with van der Waals surface area (Å²) in [4.78, 5) is 27.5. The highest BCUT2D eigenvalue weighted by atomic mass is 16.5. The number of quaternary nitrogens is 1. The molecule has 2 aromatic carbocycles. The average molecular weight is 384 g/mol. The number of carbonyl (C=O) groups excluding carboxylic acids is 2. The molecule has 3 rings (SSSR count). The first-order valence-electron chi connectivity index (χ1n) is 9.49. The smallest absolute Gasteiger partial charge is 0.338 e. The molecule has 0 aliphatic carbocycles. The van der Waals surface area contributed by atoms with Crippen LogP contribution in [0.5, 0.6) is 5.75 Å². The number of carbonyl (C=O) groups is 2. The molecular weight excluding hydrogens is 358 g/mol. The summed E-state index contributed by atoms with van der Waals surface area (Å²) in [7, 11) is 0. The van der Waals surface area contributed by atoms with Crippen LogP contribution in [0.15, 0.2) is 48.5 Å². The van der Waals surface area contributed by atoms with Crippen molar-refractivity contribution >= 4 is 23.3 Å². The van der Waals surface area contributed by atoms with E-state index in [-0.39, 0.29) is 17.6 Å². The SMILES string of the molecule is CCOC(=O)c1ccc(NC(=O)C[NH+]2CCN(c3ccc(O)cc3)CC2)cc1. The van der Waals surface area contributed by atoms with Gasteiger partial charge in [-0.3, -0.25) is 4.79 Å². The van der Waals surface area contributed by atoms with Crippen LogP contribution < -0.4 is 15.1 Å². The highest BCUT2D eigenvalue weighted by molar-refractivity contribution is 5.93. The van der Waals surface area contributed by atoms with Crippen molar-refractivity contribution < 1.29 is 24.3 Å². The predicted molar refractivity (Wildman–Crippen MR) is 107 cm³/mol. The second-order valence-corrected chi connectivity index (χ2v) is 6.78. The summed E-state index contributed by atoms with van der Waals surface area (Å²) in [5, 5.41) is 12.3. The largest absolute Gasteiger partial charge is 0.508 e. The molecule has 0 atom stereocenters. The zero-order chi connectivity index (χ0) is 19.9. The van der Waals surface area contributed by atoms with Gasteiger partial charge in [0.25, 0.3) is 5.91 Å². The second-order valence-electron chi connectivity index (χ2n) is 6.78. The zero-order valence-corrected chi connectivity index (χ0v) is 16.0. The molecule has 0 saturated carbocycles. The van der Waals surface area contributed by atoms with Gasteiger partial charge in [-0.05, 0) is 55.5 Å². The zero-order valence-electron chi connectivity index (χ0n) is 16.0. The minimum atomic E-state index is -0.365. The van der Waals surface area contributed by atoms with Crippen molar-refractivity contribution in [3.8, 4) is 5.75 Å². The van der Waals surface area contributed by atoms with Crippen LogP contribution in [-0.4, -0.2) is 56.3 Å². The van der Waals surface area contributed by atoms with E-state index in [9.17, 15) is 14.7 Å². The minimum Gasteiger partial charge on any atom is -0.508 e. The van der Waals surface area contributed by atoms with Gasteiger partial charge in [-0.1, -0.05) is 0 Å². The number of nitrogens with one attached hydrogen (secondary N) is 2. The van der Waals surface area contributed by atoms with Gasteiger partial charge in [0, 0.05) is 11.4 Å². The first kappa shape index (κ1) is 19.7. The van der Waals surface area contributed by atoms with Crippen LogP contribution in [0, 0.1) is 0 Å². The summed E-state index contributed by atoms with van der Waals surface area (Å²) >= 11 is 0. The van der Waals surface area contributed by atoms with E-state index < -0.39 is 0 Å². The van der Waals surface area contributed by atoms with Gasteiger partial charge < -0.3 is 25.0 Å². The molecule has 0 bridgehead atoms. The number of nitrogens with zero attached hydrogens (tertiary/aromatic N) is 1. The lowest BCUT2D eigenvalue weighted by Crippen LogP contribution is -3.15. The van der Waals surface area contributed by atoms with Gasteiger partial charge in [0.15, 0.2) is 6.54 Å². The molecule has 0 spiro atoms. The third-order valence-corrected chi connectivity index (χ3v) is 4.78. The molecule has 1 amide bonds. The Kier molecular flexibility index (Phi) is 6.49. The van der Waals surface area contributed by atoms with Crippen LogP contribution >= 0.6 is 0 Å². The van der Waals surface area contributed by atoms with E-state index in [2.05, 4.69) is 10.2 Å². The Bertz CT molecular complexity index is 797. The number of phenolic OH excluding ortho intramolecular Hbond substituents is 1. The molecule has 0 radical (unpaired) electrons. The molecule has 7 nitrogen and oxygen atoms in total. The third-order valence-electron chi connectivity index (χ3n) is 4.78. The lowest BCUT2D eigenvalue weighted by molar-refractivity contribution is -0.892. The fraction of sp³-hybridized carbons (Fsp3) is 0.333. The number of ether oxygens (including phenoxy) is 1. The summed E-state index contributed by atoms with van der Waals surface area (Å²) in [6, 6.07) is 13.9. The van der Waals surface area contributed by atoms with E-state index >= 15 is 0 Å². The lowest BCUT2D eigenvalue weighted by atomic mass is 10.2. The summed E-state index contributed by atoms with van der Waals surface area (Å²) in [6.07, 6.45) is 0. The third kappa shape index (κ3) is 5.23. The van der Waals surface area contributed by atoms with Crippen LogP contribution in [0.4, 0.5) is 11.4 Å². The van der Waals surface area contributed by atoms with Crippen LogP contribution in [0.2, 0.25) is 0 Å². The normalized spacial score (nSPS) is 14.5. The molecule has 1 aliphatic heterocycles. The second kappa shape index (κ2) is 9.23. The number of hydrogen-bond donors (Lipinski definition) is 3. The number of rotatable bonds is 6. The minimum absolute atomic E-state index is 0.0445. The quantitative estimate of drug-likeness (QED) is 0.645. The number of esters is 1. The molecule has 7 heteroatoms. The number of piperazine rings is 1. The molecule has 3 N–H and O–H groups in total.